The molecule has 3 aromatic rings. The predicted molar refractivity (Wildman–Crippen MR) is 85.9 cm³/mol. The molecule has 0 spiro atoms. The maximum Gasteiger partial charge on any atom is 0.141 e. The van der Waals surface area contributed by atoms with Crippen LogP contribution in [0.4, 0.5) is 0 Å². The highest BCUT2D eigenvalue weighted by Gasteiger charge is 2.35. The number of furan rings is 1. The molecule has 0 radical (unpaired) electrons. The van der Waals surface area contributed by atoms with E-state index in [4.69, 9.17) is 9.15 Å². The van der Waals surface area contributed by atoms with Crippen molar-refractivity contribution in [1.29, 1.82) is 0 Å². The van der Waals surface area contributed by atoms with Crippen LogP contribution in [-0.2, 0) is 11.3 Å². The van der Waals surface area contributed by atoms with E-state index >= 15 is 0 Å². The van der Waals surface area contributed by atoms with Crippen LogP contribution in [0.1, 0.15) is 29.6 Å². The zero-order valence-corrected chi connectivity index (χ0v) is 13.3. The van der Waals surface area contributed by atoms with Gasteiger partial charge in [0.05, 0.1) is 12.1 Å². The van der Waals surface area contributed by atoms with Crippen LogP contribution in [0.15, 0.2) is 35.0 Å². The van der Waals surface area contributed by atoms with E-state index in [9.17, 15) is 0 Å². The average molecular weight is 312 g/mol. The standard InChI is InChI=1S/C17H20N4O2/c1-11-14(13-5-3-4-6-16(13)23-11)9-21-8-12(22-2)7-15(21)17-18-10-19-20-17/h3-6,10,12,15H,7-9H2,1-2H3,(H,18,19,20)/t12-,15+/m1/s1. The number of likely N-dealkylation sites (tertiary alicyclic amines) is 1. The molecule has 1 aliphatic rings. The number of fused-ring (bicyclic) bond motifs is 1. The summed E-state index contributed by atoms with van der Waals surface area (Å²) in [7, 11) is 1.77. The van der Waals surface area contributed by atoms with Crippen LogP contribution in [0.5, 0.6) is 0 Å². The lowest BCUT2D eigenvalue weighted by Crippen LogP contribution is -2.25. The fourth-order valence-electron chi connectivity index (χ4n) is 3.49. The summed E-state index contributed by atoms with van der Waals surface area (Å²) in [5.74, 6) is 1.87. The lowest BCUT2D eigenvalue weighted by atomic mass is 10.1. The van der Waals surface area contributed by atoms with E-state index in [1.54, 1.807) is 13.4 Å². The minimum absolute atomic E-state index is 0.190. The van der Waals surface area contributed by atoms with Crippen LogP contribution in [0.3, 0.4) is 0 Å². The van der Waals surface area contributed by atoms with Gasteiger partial charge in [-0.3, -0.25) is 10.00 Å². The van der Waals surface area contributed by atoms with Gasteiger partial charge in [-0.25, -0.2) is 4.98 Å². The first kappa shape index (κ1) is 14.4. The number of nitrogens with one attached hydrogen (secondary N) is 1. The number of nitrogens with zero attached hydrogens (tertiary/aromatic N) is 3. The summed E-state index contributed by atoms with van der Waals surface area (Å²) in [4.78, 5) is 6.73. The lowest BCUT2D eigenvalue weighted by Gasteiger charge is -2.22. The Labute approximate surface area is 134 Å². The number of H-pyrrole nitrogens is 1. The number of hydrogen-bond donors (Lipinski definition) is 1. The first-order chi connectivity index (χ1) is 11.3. The van der Waals surface area contributed by atoms with Gasteiger partial charge in [0.15, 0.2) is 0 Å². The van der Waals surface area contributed by atoms with Gasteiger partial charge >= 0.3 is 0 Å². The molecule has 120 valence electrons. The molecule has 1 saturated heterocycles. The highest BCUT2D eigenvalue weighted by molar-refractivity contribution is 5.82. The number of aromatic amines is 1. The summed E-state index contributed by atoms with van der Waals surface area (Å²) in [6.07, 6.45) is 2.69. The van der Waals surface area contributed by atoms with E-state index in [0.717, 1.165) is 36.7 Å². The molecule has 6 heteroatoms. The Balaban J connectivity index is 1.66. The summed E-state index contributed by atoms with van der Waals surface area (Å²) >= 11 is 0. The number of hydrogen-bond acceptors (Lipinski definition) is 5. The van der Waals surface area contributed by atoms with Gasteiger partial charge in [-0.1, -0.05) is 18.2 Å². The van der Waals surface area contributed by atoms with Crippen LogP contribution in [0.25, 0.3) is 11.0 Å². The number of aryl methyl sites for hydroxylation is 1. The Morgan fingerprint density at radius 3 is 3.04 bits per heavy atom. The number of para-hydroxylation sites is 1. The van der Waals surface area contributed by atoms with Crippen molar-refractivity contribution >= 4 is 11.0 Å². The van der Waals surface area contributed by atoms with Crippen LogP contribution in [-0.4, -0.2) is 39.8 Å². The molecule has 1 aliphatic heterocycles. The summed E-state index contributed by atoms with van der Waals surface area (Å²) in [6, 6.07) is 8.38. The molecule has 0 bridgehead atoms. The van der Waals surface area contributed by atoms with Crippen molar-refractivity contribution in [3.63, 3.8) is 0 Å². The average Bonchev–Trinajstić information content (AvgIpc) is 3.27. The van der Waals surface area contributed by atoms with Gasteiger partial charge in [0.25, 0.3) is 0 Å². The quantitative estimate of drug-likeness (QED) is 0.802. The van der Waals surface area contributed by atoms with Gasteiger partial charge in [-0.05, 0) is 19.4 Å². The van der Waals surface area contributed by atoms with Gasteiger partial charge in [0, 0.05) is 31.1 Å². The highest BCUT2D eigenvalue weighted by Crippen LogP contribution is 2.35. The molecule has 0 unspecified atom stereocenters. The molecule has 0 aliphatic carbocycles. The van der Waals surface area contributed by atoms with E-state index in [2.05, 4.69) is 32.2 Å². The second-order valence-electron chi connectivity index (χ2n) is 6.04. The maximum atomic E-state index is 5.89. The minimum Gasteiger partial charge on any atom is -0.461 e. The third-order valence-corrected chi connectivity index (χ3v) is 4.71. The largest absolute Gasteiger partial charge is 0.461 e. The van der Waals surface area contributed by atoms with Gasteiger partial charge in [0.1, 0.15) is 23.5 Å². The summed E-state index contributed by atoms with van der Waals surface area (Å²) in [5, 5.41) is 8.18. The smallest absolute Gasteiger partial charge is 0.141 e. The fourth-order valence-corrected chi connectivity index (χ4v) is 3.49. The molecule has 6 nitrogen and oxygen atoms in total. The zero-order chi connectivity index (χ0) is 15.8. The zero-order valence-electron chi connectivity index (χ0n) is 13.3. The first-order valence-corrected chi connectivity index (χ1v) is 7.85. The molecule has 3 heterocycles. The SMILES string of the molecule is CO[C@@H]1C[C@@H](c2ncn[nH]2)N(Cc2c(C)oc3ccccc23)C1. The van der Waals surface area contributed by atoms with Gasteiger partial charge in [-0.2, -0.15) is 5.10 Å². The third kappa shape index (κ3) is 2.54. The molecular weight excluding hydrogens is 292 g/mol. The topological polar surface area (TPSA) is 67.2 Å². The molecule has 1 aromatic carbocycles. The van der Waals surface area contributed by atoms with Crippen LogP contribution >= 0.6 is 0 Å². The number of ether oxygens (including phenoxy) is 1. The van der Waals surface area contributed by atoms with Gasteiger partial charge in [-0.15, -0.1) is 0 Å². The highest BCUT2D eigenvalue weighted by atomic mass is 16.5. The molecule has 2 atom stereocenters. The third-order valence-electron chi connectivity index (χ3n) is 4.71. The van der Waals surface area contributed by atoms with Crippen molar-refractivity contribution in [2.45, 2.75) is 32.0 Å². The van der Waals surface area contributed by atoms with Crippen molar-refractivity contribution in [2.24, 2.45) is 0 Å². The van der Waals surface area contributed by atoms with E-state index in [1.807, 2.05) is 19.1 Å². The molecule has 4 rings (SSSR count). The molecule has 0 saturated carbocycles. The summed E-state index contributed by atoms with van der Waals surface area (Å²) in [6.45, 7) is 3.72. The van der Waals surface area contributed by atoms with E-state index < -0.39 is 0 Å². The number of benzene rings is 1. The van der Waals surface area contributed by atoms with Gasteiger partial charge < -0.3 is 9.15 Å². The Morgan fingerprint density at radius 1 is 1.39 bits per heavy atom. The molecule has 1 fully saturated rings. The van der Waals surface area contributed by atoms with Crippen LogP contribution < -0.4 is 0 Å². The second kappa shape index (κ2) is 5.79. The lowest BCUT2D eigenvalue weighted by molar-refractivity contribution is 0.107. The maximum absolute atomic E-state index is 5.89. The van der Waals surface area contributed by atoms with Crippen LogP contribution in [0.2, 0.25) is 0 Å². The molecule has 2 aromatic heterocycles. The molecular formula is C17H20N4O2. The Kier molecular flexibility index (Phi) is 3.63. The number of aromatic nitrogens is 3. The van der Waals surface area contributed by atoms with Gasteiger partial charge in [0.2, 0.25) is 0 Å². The summed E-state index contributed by atoms with van der Waals surface area (Å²) < 4.78 is 11.5. The van der Waals surface area contributed by atoms with Crippen molar-refractivity contribution < 1.29 is 9.15 Å². The Morgan fingerprint density at radius 2 is 2.26 bits per heavy atom. The van der Waals surface area contributed by atoms with E-state index in [0.29, 0.717) is 0 Å². The Hall–Kier alpha value is -2.18. The Bertz CT molecular complexity index is 796. The number of methoxy groups -OCH3 is 1. The fraction of sp³-hybridized carbons (Fsp3) is 0.412. The van der Waals surface area contributed by atoms with Crippen molar-refractivity contribution in [2.75, 3.05) is 13.7 Å². The van der Waals surface area contributed by atoms with E-state index in [1.165, 1.54) is 10.9 Å². The van der Waals surface area contributed by atoms with Crippen molar-refractivity contribution in [3.05, 3.63) is 47.7 Å². The minimum atomic E-state index is 0.190. The number of rotatable bonds is 4. The monoisotopic (exact) mass is 312 g/mol. The molecule has 1 N–H and O–H groups in total. The van der Waals surface area contributed by atoms with Crippen LogP contribution in [0, 0.1) is 6.92 Å². The molecule has 23 heavy (non-hydrogen) atoms. The predicted octanol–water partition coefficient (Wildman–Crippen LogP) is 2.82. The second-order valence-corrected chi connectivity index (χ2v) is 6.04. The molecule has 0 amide bonds. The van der Waals surface area contributed by atoms with E-state index in [-0.39, 0.29) is 12.1 Å². The first-order valence-electron chi connectivity index (χ1n) is 7.85. The summed E-state index contributed by atoms with van der Waals surface area (Å²) in [5.41, 5.74) is 2.18. The normalized spacial score (nSPS) is 22.2. The van der Waals surface area contributed by atoms with Crippen molar-refractivity contribution in [3.8, 4) is 0 Å². The van der Waals surface area contributed by atoms with Crippen molar-refractivity contribution in [1.82, 2.24) is 20.1 Å².